The number of carbonyl (C=O) groups is 4. The lowest BCUT2D eigenvalue weighted by Gasteiger charge is -2.32. The van der Waals surface area contributed by atoms with E-state index in [0.29, 0.717) is 0 Å². The lowest BCUT2D eigenvalue weighted by molar-refractivity contribution is -0.164. The molecule has 0 saturated heterocycles. The first-order valence-corrected chi connectivity index (χ1v) is 13.1. The molecule has 2 aromatic carbocycles. The van der Waals surface area contributed by atoms with Crippen molar-refractivity contribution < 1.29 is 38.1 Å². The minimum atomic E-state index is -1.19. The third kappa shape index (κ3) is 8.71. The predicted octanol–water partition coefficient (Wildman–Crippen LogP) is 4.82. The normalized spacial score (nSPS) is 12.5. The summed E-state index contributed by atoms with van der Waals surface area (Å²) in [5, 5.41) is 0. The van der Waals surface area contributed by atoms with Gasteiger partial charge in [-0.05, 0) is 63.5 Å². The molecule has 0 aromatic heterocycles. The van der Waals surface area contributed by atoms with Crippen molar-refractivity contribution in [2.45, 2.75) is 52.4 Å². The Kier molecular flexibility index (Phi) is 13.0. The SMILES string of the molecule is CCOC(=O)C(C[C@H](c1ccccc1)[C@@H](CC(C(=O)OCC)C(=O)OCC)c1ccccc1)C(=O)OCC. The number of hydrogen-bond donors (Lipinski definition) is 0. The third-order valence-electron chi connectivity index (χ3n) is 6.20. The fraction of sp³-hybridized carbons (Fsp3) is 0.467. The molecule has 0 bridgehead atoms. The van der Waals surface area contributed by atoms with Crippen LogP contribution >= 0.6 is 0 Å². The highest BCUT2D eigenvalue weighted by molar-refractivity contribution is 5.95. The van der Waals surface area contributed by atoms with Gasteiger partial charge in [0, 0.05) is 0 Å². The topological polar surface area (TPSA) is 105 Å². The zero-order chi connectivity index (χ0) is 27.9. The Hall–Kier alpha value is -3.68. The average Bonchev–Trinajstić information content (AvgIpc) is 2.92. The zero-order valence-electron chi connectivity index (χ0n) is 22.6. The van der Waals surface area contributed by atoms with Gasteiger partial charge < -0.3 is 18.9 Å². The Bertz CT molecular complexity index is 902. The second kappa shape index (κ2) is 16.2. The van der Waals surface area contributed by atoms with Gasteiger partial charge in [0.15, 0.2) is 11.8 Å². The Balaban J connectivity index is 2.64. The molecule has 0 fully saturated rings. The molecule has 0 amide bonds. The fourth-order valence-corrected chi connectivity index (χ4v) is 4.52. The molecule has 0 aliphatic rings. The molecule has 2 aromatic rings. The second-order valence-corrected chi connectivity index (χ2v) is 8.62. The number of carbonyl (C=O) groups excluding carboxylic acids is 4. The van der Waals surface area contributed by atoms with E-state index in [4.69, 9.17) is 18.9 Å². The molecule has 8 nitrogen and oxygen atoms in total. The van der Waals surface area contributed by atoms with Crippen LogP contribution in [0.2, 0.25) is 0 Å². The second-order valence-electron chi connectivity index (χ2n) is 8.62. The molecule has 0 unspecified atom stereocenters. The summed E-state index contributed by atoms with van der Waals surface area (Å²) >= 11 is 0. The van der Waals surface area contributed by atoms with Gasteiger partial charge >= 0.3 is 23.9 Å². The summed E-state index contributed by atoms with van der Waals surface area (Å²) in [5.41, 5.74) is 1.68. The van der Waals surface area contributed by atoms with Crippen molar-refractivity contribution in [1.29, 1.82) is 0 Å². The van der Waals surface area contributed by atoms with Gasteiger partial charge in [-0.15, -0.1) is 0 Å². The van der Waals surface area contributed by atoms with Crippen molar-refractivity contribution in [3.63, 3.8) is 0 Å². The molecule has 2 atom stereocenters. The summed E-state index contributed by atoms with van der Waals surface area (Å²) in [7, 11) is 0. The standard InChI is InChI=1S/C30H38O8/c1-5-35-27(31)25(28(32)36-6-2)19-23(21-15-11-9-12-16-21)24(22-17-13-10-14-18-22)20-26(29(33)37-7-3)30(34)38-8-4/h9-18,23-26H,5-8,19-20H2,1-4H3/t23-,24+. The van der Waals surface area contributed by atoms with Gasteiger partial charge in [0.25, 0.3) is 0 Å². The Morgan fingerprint density at radius 2 is 0.763 bits per heavy atom. The number of hydrogen-bond acceptors (Lipinski definition) is 8. The van der Waals surface area contributed by atoms with Crippen LogP contribution in [0.25, 0.3) is 0 Å². The first-order chi connectivity index (χ1) is 18.4. The summed E-state index contributed by atoms with van der Waals surface area (Å²) in [6.45, 7) is 7.13. The van der Waals surface area contributed by atoms with E-state index >= 15 is 0 Å². The Morgan fingerprint density at radius 3 is 1.00 bits per heavy atom. The van der Waals surface area contributed by atoms with E-state index in [0.717, 1.165) is 11.1 Å². The van der Waals surface area contributed by atoms with E-state index in [-0.39, 0.29) is 39.3 Å². The molecule has 0 spiro atoms. The molecular weight excluding hydrogens is 488 g/mol. The van der Waals surface area contributed by atoms with Gasteiger partial charge in [-0.25, -0.2) is 0 Å². The summed E-state index contributed by atoms with van der Waals surface area (Å²) in [5.74, 6) is -5.98. The van der Waals surface area contributed by atoms with Gasteiger partial charge in [-0.3, -0.25) is 19.2 Å². The maximum Gasteiger partial charge on any atom is 0.320 e. The molecule has 206 valence electrons. The van der Waals surface area contributed by atoms with Crippen LogP contribution in [0.4, 0.5) is 0 Å². The van der Waals surface area contributed by atoms with Gasteiger partial charge in [-0.2, -0.15) is 0 Å². The first-order valence-electron chi connectivity index (χ1n) is 13.1. The summed E-state index contributed by atoms with van der Waals surface area (Å²) in [4.78, 5) is 51.7. The lowest BCUT2D eigenvalue weighted by Crippen LogP contribution is -2.34. The van der Waals surface area contributed by atoms with Crippen molar-refractivity contribution in [1.82, 2.24) is 0 Å². The van der Waals surface area contributed by atoms with Crippen molar-refractivity contribution in [2.24, 2.45) is 11.8 Å². The minimum Gasteiger partial charge on any atom is -0.465 e. The van der Waals surface area contributed by atoms with Crippen molar-refractivity contribution in [2.75, 3.05) is 26.4 Å². The van der Waals surface area contributed by atoms with E-state index in [1.807, 2.05) is 60.7 Å². The van der Waals surface area contributed by atoms with Crippen molar-refractivity contribution in [3.05, 3.63) is 71.8 Å². The van der Waals surface area contributed by atoms with Gasteiger partial charge in [0.05, 0.1) is 26.4 Å². The molecule has 0 saturated carbocycles. The largest absolute Gasteiger partial charge is 0.465 e. The van der Waals surface area contributed by atoms with Gasteiger partial charge in [-0.1, -0.05) is 60.7 Å². The van der Waals surface area contributed by atoms with E-state index in [1.165, 1.54) is 0 Å². The van der Waals surface area contributed by atoms with Crippen LogP contribution in [-0.2, 0) is 38.1 Å². The van der Waals surface area contributed by atoms with E-state index in [9.17, 15) is 19.2 Å². The van der Waals surface area contributed by atoms with Crippen LogP contribution in [0.5, 0.6) is 0 Å². The maximum atomic E-state index is 12.9. The fourth-order valence-electron chi connectivity index (χ4n) is 4.52. The smallest absolute Gasteiger partial charge is 0.320 e. The summed E-state index contributed by atoms with van der Waals surface area (Å²) in [6, 6.07) is 18.8. The summed E-state index contributed by atoms with van der Waals surface area (Å²) < 4.78 is 20.9. The minimum absolute atomic E-state index is 0.0552. The number of rotatable bonds is 15. The molecule has 0 heterocycles. The molecule has 38 heavy (non-hydrogen) atoms. The molecule has 0 radical (unpaired) electrons. The molecule has 0 aliphatic carbocycles. The van der Waals surface area contributed by atoms with Gasteiger partial charge in [0.1, 0.15) is 0 Å². The molecule has 0 N–H and O–H groups in total. The Morgan fingerprint density at radius 1 is 0.500 bits per heavy atom. The predicted molar refractivity (Wildman–Crippen MR) is 141 cm³/mol. The average molecular weight is 527 g/mol. The zero-order valence-corrected chi connectivity index (χ0v) is 22.6. The van der Waals surface area contributed by atoms with Crippen LogP contribution in [0.3, 0.4) is 0 Å². The van der Waals surface area contributed by atoms with E-state index < -0.39 is 47.5 Å². The van der Waals surface area contributed by atoms with Gasteiger partial charge in [0.2, 0.25) is 0 Å². The van der Waals surface area contributed by atoms with Crippen molar-refractivity contribution >= 4 is 23.9 Å². The maximum absolute atomic E-state index is 12.9. The van der Waals surface area contributed by atoms with Crippen LogP contribution < -0.4 is 0 Å². The van der Waals surface area contributed by atoms with E-state index in [2.05, 4.69) is 0 Å². The highest BCUT2D eigenvalue weighted by Gasteiger charge is 2.40. The van der Waals surface area contributed by atoms with Crippen molar-refractivity contribution in [3.8, 4) is 0 Å². The molecule has 0 aliphatic heterocycles. The number of esters is 4. The van der Waals surface area contributed by atoms with Crippen LogP contribution in [-0.4, -0.2) is 50.3 Å². The number of benzene rings is 2. The molecule has 2 rings (SSSR count). The van der Waals surface area contributed by atoms with E-state index in [1.54, 1.807) is 27.7 Å². The van der Waals surface area contributed by atoms with Crippen LogP contribution in [0.15, 0.2) is 60.7 Å². The number of ether oxygens (including phenoxy) is 4. The highest BCUT2D eigenvalue weighted by Crippen LogP contribution is 2.42. The highest BCUT2D eigenvalue weighted by atomic mass is 16.6. The van der Waals surface area contributed by atoms with Crippen LogP contribution in [0.1, 0.15) is 63.5 Å². The monoisotopic (exact) mass is 526 g/mol. The Labute approximate surface area is 224 Å². The van der Waals surface area contributed by atoms with Crippen LogP contribution in [0, 0.1) is 11.8 Å². The molecule has 8 heteroatoms. The summed E-state index contributed by atoms with van der Waals surface area (Å²) in [6.07, 6.45) is 0.110. The molecular formula is C30H38O8. The lowest BCUT2D eigenvalue weighted by atomic mass is 9.72. The third-order valence-corrected chi connectivity index (χ3v) is 6.20. The first kappa shape index (κ1) is 30.5. The quantitative estimate of drug-likeness (QED) is 0.185.